The third kappa shape index (κ3) is 3.37. The van der Waals surface area contributed by atoms with Gasteiger partial charge in [-0.05, 0) is 11.1 Å². The van der Waals surface area contributed by atoms with E-state index in [0.717, 1.165) is 11.1 Å². The lowest BCUT2D eigenvalue weighted by Gasteiger charge is -2.70. The largest absolute Gasteiger partial charge is 0.394 e. The number of benzene rings is 2. The van der Waals surface area contributed by atoms with Crippen LogP contribution in [0.25, 0.3) is 0 Å². The molecule has 2 aromatic carbocycles. The summed E-state index contributed by atoms with van der Waals surface area (Å²) in [6.07, 6.45) is -7.49. The summed E-state index contributed by atoms with van der Waals surface area (Å²) < 4.78 is 0. The average molecular weight is 457 g/mol. The van der Waals surface area contributed by atoms with E-state index >= 15 is 0 Å². The van der Waals surface area contributed by atoms with E-state index in [-0.39, 0.29) is 0 Å². The Labute approximate surface area is 193 Å². The molecule has 4 atom stereocenters. The average Bonchev–Trinajstić information content (AvgIpc) is 2.85. The van der Waals surface area contributed by atoms with Gasteiger partial charge in [-0.1, -0.05) is 60.7 Å². The van der Waals surface area contributed by atoms with Crippen LogP contribution >= 0.6 is 0 Å². The van der Waals surface area contributed by atoms with Crippen LogP contribution in [0.5, 0.6) is 0 Å². The summed E-state index contributed by atoms with van der Waals surface area (Å²) in [5, 5.41) is 62.7. The molecule has 0 amide bonds. The standard InChI is InChI=1S/C25H32N2O6/c28-11-18(29)19(30)20(31)21(32)22-26-12-24(16-7-3-1-4-8-16)13-27(22)15-25(14-26,23(24)33)17-9-5-2-6-10-17/h1-10,18-23,28-33H,11-15H2/t18-,19-,20-,21+,22?,23?,24?,25?/m1/s1. The molecule has 2 aromatic rings. The number of hydrogen-bond donors (Lipinski definition) is 6. The van der Waals surface area contributed by atoms with Crippen LogP contribution < -0.4 is 0 Å². The summed E-state index contributed by atoms with van der Waals surface area (Å²) in [5.74, 6) is 0. The molecule has 4 bridgehead atoms. The van der Waals surface area contributed by atoms with Gasteiger partial charge in [0.25, 0.3) is 0 Å². The molecule has 0 aliphatic carbocycles. The van der Waals surface area contributed by atoms with Crippen LogP contribution in [0, 0.1) is 0 Å². The predicted octanol–water partition coefficient (Wildman–Crippen LogP) is -1.37. The summed E-state index contributed by atoms with van der Waals surface area (Å²) in [6, 6.07) is 19.8. The second kappa shape index (κ2) is 8.41. The van der Waals surface area contributed by atoms with Gasteiger partial charge >= 0.3 is 0 Å². The highest BCUT2D eigenvalue weighted by atomic mass is 16.4. The number of aliphatic hydroxyl groups is 6. The molecule has 33 heavy (non-hydrogen) atoms. The zero-order valence-corrected chi connectivity index (χ0v) is 18.4. The molecule has 4 heterocycles. The lowest BCUT2D eigenvalue weighted by Crippen LogP contribution is -2.85. The molecule has 0 radical (unpaired) electrons. The SMILES string of the molecule is OC[C@@H](O)[C@@H](O)[C@@H](O)[C@H](O)C1N2CC3(c4ccccc4)CN1CC(c1ccccc1)(C2)C3O. The van der Waals surface area contributed by atoms with Crippen molar-refractivity contribution >= 4 is 0 Å². The number of nitrogens with zero attached hydrogens (tertiary/aromatic N) is 2. The highest BCUT2D eigenvalue weighted by molar-refractivity contribution is 5.42. The van der Waals surface area contributed by atoms with E-state index in [9.17, 15) is 25.5 Å². The molecular weight excluding hydrogens is 424 g/mol. The van der Waals surface area contributed by atoms with Gasteiger partial charge in [0.15, 0.2) is 0 Å². The Morgan fingerprint density at radius 3 is 1.55 bits per heavy atom. The van der Waals surface area contributed by atoms with Gasteiger partial charge in [0.1, 0.15) is 24.4 Å². The molecule has 6 rings (SSSR count). The minimum atomic E-state index is -1.68. The lowest BCUT2D eigenvalue weighted by molar-refractivity contribution is -0.244. The molecule has 6 N–H and O–H groups in total. The first-order valence-electron chi connectivity index (χ1n) is 11.4. The third-order valence-electron chi connectivity index (χ3n) is 8.02. The number of hydrogen-bond acceptors (Lipinski definition) is 8. The van der Waals surface area contributed by atoms with E-state index in [1.165, 1.54) is 0 Å². The Hall–Kier alpha value is -1.88. The first-order valence-corrected chi connectivity index (χ1v) is 11.4. The molecule has 8 nitrogen and oxygen atoms in total. The van der Waals surface area contributed by atoms with Crippen LogP contribution in [-0.2, 0) is 10.8 Å². The lowest BCUT2D eigenvalue weighted by atomic mass is 9.54. The van der Waals surface area contributed by atoms with E-state index < -0.39 is 54.1 Å². The van der Waals surface area contributed by atoms with Gasteiger partial charge in [0, 0.05) is 37.0 Å². The van der Waals surface area contributed by atoms with E-state index in [0.29, 0.717) is 26.2 Å². The van der Waals surface area contributed by atoms with Gasteiger partial charge in [0.2, 0.25) is 0 Å². The zero-order valence-electron chi connectivity index (χ0n) is 18.4. The Kier molecular flexibility index (Phi) is 5.83. The maximum Gasteiger partial charge on any atom is 0.111 e. The highest BCUT2D eigenvalue weighted by Gasteiger charge is 2.67. The highest BCUT2D eigenvalue weighted by Crippen LogP contribution is 2.54. The molecule has 0 spiro atoms. The Bertz CT molecular complexity index is 884. The molecule has 0 saturated carbocycles. The van der Waals surface area contributed by atoms with Crippen molar-refractivity contribution in [2.45, 2.75) is 47.5 Å². The first kappa shape index (κ1) is 22.9. The monoisotopic (exact) mass is 456 g/mol. The van der Waals surface area contributed by atoms with E-state index in [1.807, 2.05) is 60.7 Å². The van der Waals surface area contributed by atoms with Crippen molar-refractivity contribution in [2.24, 2.45) is 0 Å². The van der Waals surface area contributed by atoms with E-state index in [2.05, 4.69) is 9.80 Å². The fourth-order valence-electron chi connectivity index (χ4n) is 6.51. The Morgan fingerprint density at radius 1 is 0.727 bits per heavy atom. The van der Waals surface area contributed by atoms with Gasteiger partial charge in [-0.15, -0.1) is 0 Å². The van der Waals surface area contributed by atoms with Crippen molar-refractivity contribution in [1.82, 2.24) is 9.80 Å². The van der Waals surface area contributed by atoms with Crippen LogP contribution in [0.2, 0.25) is 0 Å². The Morgan fingerprint density at radius 2 is 1.15 bits per heavy atom. The second-order valence-electron chi connectivity index (χ2n) is 9.89. The zero-order chi connectivity index (χ0) is 23.4. The molecule has 4 saturated heterocycles. The summed E-state index contributed by atoms with van der Waals surface area (Å²) in [7, 11) is 0. The molecule has 178 valence electrons. The minimum Gasteiger partial charge on any atom is -0.394 e. The van der Waals surface area contributed by atoms with E-state index in [1.54, 1.807) is 0 Å². The van der Waals surface area contributed by atoms with Crippen molar-refractivity contribution < 1.29 is 30.6 Å². The number of piperidine rings is 2. The molecule has 0 aromatic heterocycles. The second-order valence-corrected chi connectivity index (χ2v) is 9.89. The summed E-state index contributed by atoms with van der Waals surface area (Å²) in [4.78, 5) is 4.15. The summed E-state index contributed by atoms with van der Waals surface area (Å²) in [5.41, 5.74) is 0.878. The topological polar surface area (TPSA) is 128 Å². The third-order valence-corrected chi connectivity index (χ3v) is 8.02. The number of rotatable bonds is 7. The summed E-state index contributed by atoms with van der Waals surface area (Å²) >= 11 is 0. The van der Waals surface area contributed by atoms with Crippen LogP contribution in [0.4, 0.5) is 0 Å². The van der Waals surface area contributed by atoms with Gasteiger partial charge in [-0.25, -0.2) is 0 Å². The van der Waals surface area contributed by atoms with Gasteiger partial charge in [-0.3, -0.25) is 9.80 Å². The van der Waals surface area contributed by atoms with Gasteiger partial charge < -0.3 is 30.6 Å². The predicted molar refractivity (Wildman–Crippen MR) is 120 cm³/mol. The molecule has 4 aliphatic rings. The molecular formula is C25H32N2O6. The maximum atomic E-state index is 11.9. The smallest absolute Gasteiger partial charge is 0.111 e. The fourth-order valence-corrected chi connectivity index (χ4v) is 6.51. The maximum absolute atomic E-state index is 11.9. The molecule has 0 unspecified atom stereocenters. The summed E-state index contributed by atoms with van der Waals surface area (Å²) in [6.45, 7) is 1.21. The quantitative estimate of drug-likeness (QED) is 0.301. The fraction of sp³-hybridized carbons (Fsp3) is 0.520. The van der Waals surface area contributed by atoms with Crippen molar-refractivity contribution in [3.8, 4) is 0 Å². The Balaban J connectivity index is 1.55. The normalized spacial score (nSPS) is 38.6. The van der Waals surface area contributed by atoms with Crippen LogP contribution in [0.15, 0.2) is 60.7 Å². The molecule has 8 heteroatoms. The van der Waals surface area contributed by atoms with E-state index in [4.69, 9.17) is 5.11 Å². The van der Waals surface area contributed by atoms with Crippen LogP contribution in [0.1, 0.15) is 11.1 Å². The van der Waals surface area contributed by atoms with Gasteiger partial charge in [-0.2, -0.15) is 0 Å². The van der Waals surface area contributed by atoms with Gasteiger partial charge in [0.05, 0.1) is 18.9 Å². The molecule has 4 fully saturated rings. The number of aliphatic hydroxyl groups excluding tert-OH is 6. The van der Waals surface area contributed by atoms with Crippen LogP contribution in [0.3, 0.4) is 0 Å². The van der Waals surface area contributed by atoms with Crippen molar-refractivity contribution in [1.29, 1.82) is 0 Å². The van der Waals surface area contributed by atoms with Crippen molar-refractivity contribution in [3.63, 3.8) is 0 Å². The van der Waals surface area contributed by atoms with Crippen molar-refractivity contribution in [2.75, 3.05) is 32.8 Å². The minimum absolute atomic E-state index is 0.482. The first-order chi connectivity index (χ1) is 15.8. The van der Waals surface area contributed by atoms with Crippen molar-refractivity contribution in [3.05, 3.63) is 71.8 Å². The van der Waals surface area contributed by atoms with Crippen LogP contribution in [-0.4, -0.2) is 110 Å². The molecule has 4 aliphatic heterocycles.